The van der Waals surface area contributed by atoms with Crippen LogP contribution in [0.1, 0.15) is 212 Å². The summed E-state index contributed by atoms with van der Waals surface area (Å²) in [5, 5.41) is 0. The number of amides is 3. The summed E-state index contributed by atoms with van der Waals surface area (Å²) in [7, 11) is 3.64. The van der Waals surface area contributed by atoms with Gasteiger partial charge >= 0.3 is 0 Å². The van der Waals surface area contributed by atoms with E-state index >= 15 is 0 Å². The van der Waals surface area contributed by atoms with Crippen molar-refractivity contribution in [2.45, 2.75) is 215 Å². The van der Waals surface area contributed by atoms with Crippen molar-refractivity contribution in [2.75, 3.05) is 14.1 Å². The highest BCUT2D eigenvalue weighted by atomic mass is 16.2. The Morgan fingerprint density at radius 1 is 0.387 bits per heavy atom. The monoisotopic (exact) mass is 860 g/mol. The molecule has 0 aliphatic heterocycles. The van der Waals surface area contributed by atoms with E-state index in [-0.39, 0.29) is 17.7 Å². The first kappa shape index (κ1) is 62.4. The Morgan fingerprint density at radius 3 is 0.919 bits per heavy atom. The third kappa shape index (κ3) is 50.4. The number of hydrogen-bond donors (Lipinski definition) is 2. The maximum atomic E-state index is 11.3. The standard InChI is InChI=1S/C17H27NO.C16H25NO.C14H22.C4H9NO.C3H8.C2H6/c18-17(19)15-11-6-4-2-1-3-5-8-12-16-13-9-7-10-14-16;1-17(2)16(18)14-10-5-3-4-7-11-15-12-8-6-9-13-15;1-2-3-4-5-6-8-11-14-12-9-7-10-13-14;1-2-3-4(5)6;1-3-2;1-2/h7,9-10,13-14H,1-6,8,11-12,15H2,(H2,18,19);6,8-9,12-13H,3-5,7,10-11,14H2,1-2H3;7,9-10,12-13H,2-6,8,11H2,1H3;2-3H2,1H3,(H2,5,6);3H2,1-2H3;1-2H3. The minimum Gasteiger partial charge on any atom is -0.370 e. The number of nitrogens with zero attached hydrogens (tertiary/aromatic N) is 1. The van der Waals surface area contributed by atoms with E-state index in [2.05, 4.69) is 112 Å². The summed E-state index contributed by atoms with van der Waals surface area (Å²) in [4.78, 5) is 33.4. The zero-order valence-electron chi connectivity index (χ0n) is 41.6. The molecule has 0 unspecified atom stereocenters. The van der Waals surface area contributed by atoms with Crippen molar-refractivity contribution in [2.24, 2.45) is 11.5 Å². The van der Waals surface area contributed by atoms with E-state index in [1.165, 1.54) is 145 Å². The van der Waals surface area contributed by atoms with Crippen LogP contribution in [0.2, 0.25) is 0 Å². The zero-order chi connectivity index (χ0) is 46.7. The molecule has 0 fully saturated rings. The molecule has 0 aliphatic rings. The molecule has 354 valence electrons. The Balaban J connectivity index is -0.000000757. The van der Waals surface area contributed by atoms with Gasteiger partial charge in [0.2, 0.25) is 17.7 Å². The predicted octanol–water partition coefficient (Wildman–Crippen LogP) is 15.2. The molecule has 0 aliphatic carbocycles. The van der Waals surface area contributed by atoms with Crippen LogP contribution in [0.25, 0.3) is 0 Å². The molecular formula is C56H97N3O3. The topological polar surface area (TPSA) is 106 Å². The molecule has 0 radical (unpaired) electrons. The van der Waals surface area contributed by atoms with Crippen LogP contribution in [0.4, 0.5) is 0 Å². The fourth-order valence-electron chi connectivity index (χ4n) is 6.34. The Kier molecular flexibility index (Phi) is 51.7. The third-order valence-electron chi connectivity index (χ3n) is 9.84. The van der Waals surface area contributed by atoms with Crippen LogP contribution in [0, 0.1) is 0 Å². The van der Waals surface area contributed by atoms with Crippen molar-refractivity contribution in [1.29, 1.82) is 0 Å². The first-order valence-electron chi connectivity index (χ1n) is 25.0. The van der Waals surface area contributed by atoms with Gasteiger partial charge in [-0.3, -0.25) is 14.4 Å². The smallest absolute Gasteiger partial charge is 0.222 e. The summed E-state index contributed by atoms with van der Waals surface area (Å²) < 4.78 is 0. The largest absolute Gasteiger partial charge is 0.370 e. The number of nitrogens with two attached hydrogens (primary N) is 2. The summed E-state index contributed by atoms with van der Waals surface area (Å²) in [5.74, 6) is -0.127. The van der Waals surface area contributed by atoms with Gasteiger partial charge in [-0.25, -0.2) is 0 Å². The van der Waals surface area contributed by atoms with Crippen LogP contribution < -0.4 is 11.5 Å². The van der Waals surface area contributed by atoms with Gasteiger partial charge in [0, 0.05) is 33.4 Å². The second kappa shape index (κ2) is 51.4. The van der Waals surface area contributed by atoms with Gasteiger partial charge in [0.15, 0.2) is 0 Å². The molecule has 3 aromatic carbocycles. The number of aryl methyl sites for hydroxylation is 3. The lowest BCUT2D eigenvalue weighted by molar-refractivity contribution is -0.128. The van der Waals surface area contributed by atoms with Crippen LogP contribution in [-0.4, -0.2) is 36.7 Å². The normalized spacial score (nSPS) is 9.74. The van der Waals surface area contributed by atoms with E-state index in [0.29, 0.717) is 19.3 Å². The molecule has 3 amide bonds. The summed E-state index contributed by atoms with van der Waals surface area (Å²) in [5.41, 5.74) is 14.2. The highest BCUT2D eigenvalue weighted by molar-refractivity contribution is 5.75. The van der Waals surface area contributed by atoms with Gasteiger partial charge in [0.05, 0.1) is 0 Å². The summed E-state index contributed by atoms with van der Waals surface area (Å²) >= 11 is 0. The van der Waals surface area contributed by atoms with Gasteiger partial charge < -0.3 is 16.4 Å². The van der Waals surface area contributed by atoms with Gasteiger partial charge in [-0.05, 0) is 74.5 Å². The SMILES string of the molecule is CC.CCC.CCCC(N)=O.CCCCCCCCc1ccccc1.CN(C)C(=O)CCCCCCCc1ccccc1.NC(=O)CCCCCCCCCCc1ccccc1. The molecule has 0 heterocycles. The maximum Gasteiger partial charge on any atom is 0.222 e. The number of carbonyl (C=O) groups is 3. The van der Waals surface area contributed by atoms with Gasteiger partial charge in [-0.2, -0.15) is 0 Å². The number of benzene rings is 3. The van der Waals surface area contributed by atoms with Crippen molar-refractivity contribution < 1.29 is 14.4 Å². The van der Waals surface area contributed by atoms with Crippen molar-refractivity contribution in [3.63, 3.8) is 0 Å². The van der Waals surface area contributed by atoms with Crippen molar-refractivity contribution in [3.05, 3.63) is 108 Å². The lowest BCUT2D eigenvalue weighted by atomic mass is 10.0. The van der Waals surface area contributed by atoms with Crippen LogP contribution in [-0.2, 0) is 33.6 Å². The molecule has 0 aromatic heterocycles. The Hall–Kier alpha value is -3.93. The molecule has 62 heavy (non-hydrogen) atoms. The Bertz CT molecular complexity index is 1330. The van der Waals surface area contributed by atoms with E-state index in [1.807, 2.05) is 34.9 Å². The molecule has 0 saturated heterocycles. The first-order chi connectivity index (χ1) is 30.1. The van der Waals surface area contributed by atoms with Gasteiger partial charge in [-0.1, -0.05) is 229 Å². The van der Waals surface area contributed by atoms with E-state index in [4.69, 9.17) is 11.5 Å². The summed E-state index contributed by atoms with van der Waals surface area (Å²) in [6, 6.07) is 32.2. The zero-order valence-corrected chi connectivity index (χ0v) is 41.6. The maximum absolute atomic E-state index is 11.3. The van der Waals surface area contributed by atoms with Gasteiger partial charge in [0.25, 0.3) is 0 Å². The van der Waals surface area contributed by atoms with Crippen LogP contribution in [0.3, 0.4) is 0 Å². The number of carbonyl (C=O) groups excluding carboxylic acids is 3. The second-order valence-corrected chi connectivity index (χ2v) is 16.2. The minimum atomic E-state index is -0.211. The number of hydrogen-bond acceptors (Lipinski definition) is 3. The van der Waals surface area contributed by atoms with Crippen molar-refractivity contribution in [3.8, 4) is 0 Å². The van der Waals surface area contributed by atoms with E-state index in [1.54, 1.807) is 4.90 Å². The van der Waals surface area contributed by atoms with Crippen LogP contribution in [0.5, 0.6) is 0 Å². The predicted molar refractivity (Wildman–Crippen MR) is 272 cm³/mol. The molecule has 6 heteroatoms. The van der Waals surface area contributed by atoms with E-state index < -0.39 is 0 Å². The molecule has 0 spiro atoms. The highest BCUT2D eigenvalue weighted by Gasteiger charge is 2.03. The highest BCUT2D eigenvalue weighted by Crippen LogP contribution is 2.13. The van der Waals surface area contributed by atoms with E-state index in [9.17, 15) is 14.4 Å². The van der Waals surface area contributed by atoms with E-state index in [0.717, 1.165) is 25.7 Å². The Morgan fingerprint density at radius 2 is 0.661 bits per heavy atom. The summed E-state index contributed by atoms with van der Waals surface area (Å²) in [6.07, 6.45) is 31.8. The molecule has 4 N–H and O–H groups in total. The van der Waals surface area contributed by atoms with Crippen molar-refractivity contribution >= 4 is 17.7 Å². The lowest BCUT2D eigenvalue weighted by Gasteiger charge is -2.09. The van der Waals surface area contributed by atoms with Crippen molar-refractivity contribution in [1.82, 2.24) is 4.90 Å². The first-order valence-corrected chi connectivity index (χ1v) is 25.0. The molecule has 0 bridgehead atoms. The fraction of sp³-hybridized carbons (Fsp3) is 0.625. The number of rotatable bonds is 28. The number of primary amides is 2. The summed E-state index contributed by atoms with van der Waals surface area (Å²) in [6.45, 7) is 12.4. The molecule has 6 nitrogen and oxygen atoms in total. The lowest BCUT2D eigenvalue weighted by Crippen LogP contribution is -2.20. The fourth-order valence-corrected chi connectivity index (χ4v) is 6.34. The van der Waals surface area contributed by atoms with Crippen LogP contribution in [0.15, 0.2) is 91.0 Å². The average molecular weight is 860 g/mol. The Labute approximate surface area is 383 Å². The minimum absolute atomic E-state index is 0.166. The van der Waals surface area contributed by atoms with Gasteiger partial charge in [-0.15, -0.1) is 0 Å². The number of unbranched alkanes of at least 4 members (excludes halogenated alkanes) is 16. The average Bonchev–Trinajstić information content (AvgIpc) is 3.27. The van der Waals surface area contributed by atoms with Crippen LogP contribution >= 0.6 is 0 Å². The third-order valence-corrected chi connectivity index (χ3v) is 9.84. The molecule has 0 atom stereocenters. The second-order valence-electron chi connectivity index (χ2n) is 16.2. The molecular weight excluding hydrogens is 763 g/mol. The quantitative estimate of drug-likeness (QED) is 0.0710. The molecule has 3 aromatic rings. The van der Waals surface area contributed by atoms with Gasteiger partial charge in [0.1, 0.15) is 0 Å². The molecule has 0 saturated carbocycles. The molecule has 3 rings (SSSR count).